The molecule has 1 aliphatic heterocycles. The molecule has 7 heteroatoms. The maximum Gasteiger partial charge on any atom is 0.251 e. The van der Waals surface area contributed by atoms with Gasteiger partial charge in [0.05, 0.1) is 13.1 Å². The van der Waals surface area contributed by atoms with Crippen LogP contribution in [0.15, 0.2) is 29.3 Å². The average Bonchev–Trinajstić information content (AvgIpc) is 3.42. The minimum Gasteiger partial charge on any atom is -0.357 e. The van der Waals surface area contributed by atoms with Crippen molar-refractivity contribution in [2.75, 3.05) is 32.7 Å². The first-order valence-electron chi connectivity index (χ1n) is 9.82. The molecule has 27 heavy (non-hydrogen) atoms. The lowest BCUT2D eigenvalue weighted by atomic mass is 9.96. The quantitative estimate of drug-likeness (QED) is 0.544. The Morgan fingerprint density at radius 3 is 2.67 bits per heavy atom. The molecular formula is C20H29ClF2N4. The van der Waals surface area contributed by atoms with E-state index in [2.05, 4.69) is 16.7 Å². The Balaban J connectivity index is 1.56. The van der Waals surface area contributed by atoms with E-state index >= 15 is 0 Å². The predicted octanol–water partition coefficient (Wildman–Crippen LogP) is 3.66. The van der Waals surface area contributed by atoms with Crippen LogP contribution in [0.3, 0.4) is 0 Å². The number of likely N-dealkylation sites (tertiary alicyclic amines) is 1. The monoisotopic (exact) mass is 398 g/mol. The molecule has 0 aromatic heterocycles. The van der Waals surface area contributed by atoms with Crippen LogP contribution in [0.1, 0.15) is 38.2 Å². The number of piperidine rings is 1. The Morgan fingerprint density at radius 2 is 2.07 bits per heavy atom. The number of rotatable bonds is 7. The zero-order chi connectivity index (χ0) is 19.3. The first-order chi connectivity index (χ1) is 13.0. The zero-order valence-electron chi connectivity index (χ0n) is 15.9. The molecule has 1 saturated heterocycles. The fourth-order valence-electron chi connectivity index (χ4n) is 3.71. The maximum atomic E-state index is 12.5. The summed E-state index contributed by atoms with van der Waals surface area (Å²) in [7, 11) is 0. The lowest BCUT2D eigenvalue weighted by Gasteiger charge is -2.32. The van der Waals surface area contributed by atoms with Crippen LogP contribution in [0.2, 0.25) is 5.02 Å². The molecule has 2 fully saturated rings. The first kappa shape index (κ1) is 20.3. The summed E-state index contributed by atoms with van der Waals surface area (Å²) in [5, 5.41) is 7.58. The molecular weight excluding hydrogens is 370 g/mol. The lowest BCUT2D eigenvalue weighted by molar-refractivity contribution is 0.0744. The lowest BCUT2D eigenvalue weighted by Crippen LogP contribution is -2.49. The van der Waals surface area contributed by atoms with Gasteiger partial charge in [-0.15, -0.1) is 0 Å². The molecule has 1 aromatic rings. The summed E-state index contributed by atoms with van der Waals surface area (Å²) < 4.78 is 25.0. The number of guanidine groups is 1. The van der Waals surface area contributed by atoms with Gasteiger partial charge in [-0.1, -0.05) is 23.7 Å². The Bertz CT molecular complexity index is 641. The number of nitrogens with one attached hydrogen (secondary N) is 2. The van der Waals surface area contributed by atoms with Gasteiger partial charge in [-0.05, 0) is 50.3 Å². The van der Waals surface area contributed by atoms with E-state index < -0.39 is 6.43 Å². The fourth-order valence-corrected chi connectivity index (χ4v) is 3.90. The third-order valence-electron chi connectivity index (χ3n) is 5.50. The number of hydrogen-bond donors (Lipinski definition) is 2. The zero-order valence-corrected chi connectivity index (χ0v) is 16.6. The second-order valence-corrected chi connectivity index (χ2v) is 8.03. The molecule has 2 N–H and O–H groups in total. The number of benzene rings is 1. The molecule has 1 saturated carbocycles. The van der Waals surface area contributed by atoms with Gasteiger partial charge in [0, 0.05) is 36.1 Å². The summed E-state index contributed by atoms with van der Waals surface area (Å²) in [6.45, 7) is 4.85. The van der Waals surface area contributed by atoms with Gasteiger partial charge in [0.1, 0.15) is 0 Å². The highest BCUT2D eigenvalue weighted by molar-refractivity contribution is 6.30. The van der Waals surface area contributed by atoms with Crippen LogP contribution in [-0.2, 0) is 5.41 Å². The van der Waals surface area contributed by atoms with Gasteiger partial charge in [-0.3, -0.25) is 9.89 Å². The van der Waals surface area contributed by atoms with E-state index in [1.807, 2.05) is 30.0 Å². The Hall–Kier alpha value is -1.40. The number of hydrogen-bond acceptors (Lipinski definition) is 2. The second kappa shape index (κ2) is 9.20. The Morgan fingerprint density at radius 1 is 1.33 bits per heavy atom. The smallest absolute Gasteiger partial charge is 0.251 e. The van der Waals surface area contributed by atoms with E-state index in [0.29, 0.717) is 13.1 Å². The maximum absolute atomic E-state index is 12.5. The average molecular weight is 399 g/mol. The molecule has 1 aromatic carbocycles. The summed E-state index contributed by atoms with van der Waals surface area (Å²) in [6, 6.07) is 8.35. The van der Waals surface area contributed by atoms with E-state index in [-0.39, 0.29) is 18.0 Å². The predicted molar refractivity (Wildman–Crippen MR) is 107 cm³/mol. The highest BCUT2D eigenvalue weighted by atomic mass is 35.5. The van der Waals surface area contributed by atoms with Crippen LogP contribution in [-0.4, -0.2) is 56.1 Å². The van der Waals surface area contributed by atoms with Gasteiger partial charge in [-0.25, -0.2) is 8.78 Å². The van der Waals surface area contributed by atoms with Crippen LogP contribution in [0.4, 0.5) is 8.78 Å². The summed E-state index contributed by atoms with van der Waals surface area (Å²) in [5.41, 5.74) is 1.36. The van der Waals surface area contributed by atoms with Crippen LogP contribution >= 0.6 is 11.6 Å². The van der Waals surface area contributed by atoms with Gasteiger partial charge in [-0.2, -0.15) is 0 Å². The molecule has 3 rings (SSSR count). The molecule has 0 spiro atoms. The van der Waals surface area contributed by atoms with Crippen LogP contribution in [0, 0.1) is 0 Å². The van der Waals surface area contributed by atoms with E-state index in [0.717, 1.165) is 49.8 Å². The van der Waals surface area contributed by atoms with Gasteiger partial charge >= 0.3 is 0 Å². The van der Waals surface area contributed by atoms with E-state index in [9.17, 15) is 8.78 Å². The first-order valence-corrected chi connectivity index (χ1v) is 10.2. The van der Waals surface area contributed by atoms with Gasteiger partial charge < -0.3 is 10.6 Å². The third kappa shape index (κ3) is 5.79. The van der Waals surface area contributed by atoms with Crippen molar-refractivity contribution in [2.45, 2.75) is 50.5 Å². The fraction of sp³-hybridized carbons (Fsp3) is 0.650. The molecule has 1 aliphatic carbocycles. The summed E-state index contributed by atoms with van der Waals surface area (Å²) in [6.07, 6.45) is 1.71. The van der Waals surface area contributed by atoms with Crippen molar-refractivity contribution in [3.8, 4) is 0 Å². The molecule has 2 aliphatic rings. The van der Waals surface area contributed by atoms with Crippen molar-refractivity contribution < 1.29 is 8.78 Å². The van der Waals surface area contributed by atoms with Crippen molar-refractivity contribution >= 4 is 17.6 Å². The van der Waals surface area contributed by atoms with Crippen molar-refractivity contribution in [1.29, 1.82) is 0 Å². The van der Waals surface area contributed by atoms with Crippen molar-refractivity contribution in [2.24, 2.45) is 4.99 Å². The molecule has 0 bridgehead atoms. The van der Waals surface area contributed by atoms with Crippen molar-refractivity contribution in [3.63, 3.8) is 0 Å². The van der Waals surface area contributed by atoms with E-state index in [1.54, 1.807) is 0 Å². The van der Waals surface area contributed by atoms with Crippen LogP contribution in [0.5, 0.6) is 0 Å². The van der Waals surface area contributed by atoms with Gasteiger partial charge in [0.2, 0.25) is 0 Å². The number of aliphatic imine (C=N–C) groups is 1. The molecule has 0 amide bonds. The molecule has 0 radical (unpaired) electrons. The summed E-state index contributed by atoms with van der Waals surface area (Å²) >= 11 is 6.15. The molecule has 150 valence electrons. The highest BCUT2D eigenvalue weighted by Crippen LogP contribution is 2.48. The molecule has 4 nitrogen and oxygen atoms in total. The molecule has 0 unspecified atom stereocenters. The van der Waals surface area contributed by atoms with Crippen LogP contribution in [0.25, 0.3) is 0 Å². The molecule has 0 atom stereocenters. The second-order valence-electron chi connectivity index (χ2n) is 7.60. The number of alkyl halides is 2. The minimum absolute atomic E-state index is 0.105. The minimum atomic E-state index is -2.25. The SMILES string of the molecule is CCNC(=NCC1(c2cccc(Cl)c2)CC1)NC1CCN(CC(F)F)CC1. The highest BCUT2D eigenvalue weighted by Gasteiger charge is 2.44. The third-order valence-corrected chi connectivity index (χ3v) is 5.73. The summed E-state index contributed by atoms with van der Waals surface area (Å²) in [5.74, 6) is 0.818. The van der Waals surface area contributed by atoms with E-state index in [1.165, 1.54) is 5.56 Å². The standard InChI is InChI=1S/C20H29ClF2N4/c1-2-24-19(26-17-6-10-27(11-7-17)13-18(22)23)25-14-20(8-9-20)15-4-3-5-16(21)12-15/h3-5,12,17-18H,2,6-11,13-14H2,1H3,(H2,24,25,26). The van der Waals surface area contributed by atoms with E-state index in [4.69, 9.17) is 16.6 Å². The summed E-state index contributed by atoms with van der Waals surface area (Å²) in [4.78, 5) is 6.67. The van der Waals surface area contributed by atoms with Gasteiger partial charge in [0.25, 0.3) is 6.43 Å². The number of nitrogens with zero attached hydrogens (tertiary/aromatic N) is 2. The van der Waals surface area contributed by atoms with Gasteiger partial charge in [0.15, 0.2) is 5.96 Å². The topological polar surface area (TPSA) is 39.7 Å². The molecule has 1 heterocycles. The largest absolute Gasteiger partial charge is 0.357 e. The Labute approximate surface area is 165 Å². The van der Waals surface area contributed by atoms with Crippen molar-refractivity contribution in [1.82, 2.24) is 15.5 Å². The van der Waals surface area contributed by atoms with Crippen LogP contribution < -0.4 is 10.6 Å². The number of halogens is 3. The van der Waals surface area contributed by atoms with Crippen molar-refractivity contribution in [3.05, 3.63) is 34.9 Å². The normalized spacial score (nSPS) is 20.7. The Kier molecular flexibility index (Phi) is 6.93.